The molecule has 0 aliphatic rings. The molecule has 90 valence electrons. The highest BCUT2D eigenvalue weighted by Gasteiger charge is 2.16. The fourth-order valence-corrected chi connectivity index (χ4v) is 1.76. The summed E-state index contributed by atoms with van der Waals surface area (Å²) < 4.78 is 1.57. The van der Waals surface area contributed by atoms with Gasteiger partial charge >= 0.3 is 0 Å². The van der Waals surface area contributed by atoms with E-state index in [1.54, 1.807) is 21.8 Å². The van der Waals surface area contributed by atoms with Gasteiger partial charge in [0, 0.05) is 19.3 Å². The third kappa shape index (κ3) is 2.98. The number of hydrogen-bond donors (Lipinski definition) is 1. The zero-order chi connectivity index (χ0) is 12.1. The van der Waals surface area contributed by atoms with Crippen molar-refractivity contribution in [2.45, 2.75) is 39.3 Å². The molecule has 0 spiro atoms. The molecule has 0 atom stereocenters. The number of rotatable bonds is 5. The molecule has 16 heavy (non-hydrogen) atoms. The van der Waals surface area contributed by atoms with E-state index in [2.05, 4.69) is 18.9 Å². The van der Waals surface area contributed by atoms with Gasteiger partial charge in [-0.1, -0.05) is 13.8 Å². The molecule has 0 saturated carbocycles. The van der Waals surface area contributed by atoms with Crippen LogP contribution in [0, 0.1) is 0 Å². The van der Waals surface area contributed by atoms with Crippen LogP contribution in [-0.4, -0.2) is 33.7 Å². The second kappa shape index (κ2) is 5.53. The van der Waals surface area contributed by atoms with Gasteiger partial charge in [-0.05, 0) is 18.9 Å². The molecular formula is C11H20N4O. The topological polar surface area (TPSA) is 64.2 Å². The molecule has 0 radical (unpaired) electrons. The molecule has 1 heterocycles. The Morgan fingerprint density at radius 3 is 2.62 bits per heavy atom. The predicted molar refractivity (Wildman–Crippen MR) is 63.8 cm³/mol. The maximum Gasteiger partial charge on any atom is 0.244 e. The van der Waals surface area contributed by atoms with E-state index in [4.69, 9.17) is 5.73 Å². The zero-order valence-corrected chi connectivity index (χ0v) is 10.2. The van der Waals surface area contributed by atoms with E-state index in [1.165, 1.54) is 0 Å². The maximum atomic E-state index is 11.9. The van der Waals surface area contributed by atoms with E-state index in [-0.39, 0.29) is 12.5 Å². The van der Waals surface area contributed by atoms with Gasteiger partial charge in [0.25, 0.3) is 0 Å². The van der Waals surface area contributed by atoms with Crippen molar-refractivity contribution in [3.05, 3.63) is 12.3 Å². The van der Waals surface area contributed by atoms with Crippen LogP contribution in [0.5, 0.6) is 0 Å². The average Bonchev–Trinajstić information content (AvgIpc) is 2.65. The van der Waals surface area contributed by atoms with E-state index in [9.17, 15) is 4.79 Å². The molecule has 5 heteroatoms. The molecule has 0 fully saturated rings. The zero-order valence-electron chi connectivity index (χ0n) is 10.2. The molecule has 1 aromatic rings. The maximum absolute atomic E-state index is 11.9. The van der Waals surface area contributed by atoms with Crippen molar-refractivity contribution in [3.63, 3.8) is 0 Å². The van der Waals surface area contributed by atoms with Crippen LogP contribution >= 0.6 is 0 Å². The van der Waals surface area contributed by atoms with Crippen molar-refractivity contribution < 1.29 is 4.79 Å². The standard InChI is InChI=1S/C11H20N4O/c1-4-9(5-2)14(3)11(16)8-15-7-6-10(12)13-15/h6-7,9H,4-5,8H2,1-3H3,(H2,12,13). The summed E-state index contributed by atoms with van der Waals surface area (Å²) in [7, 11) is 1.84. The van der Waals surface area contributed by atoms with E-state index in [0.717, 1.165) is 12.8 Å². The summed E-state index contributed by atoms with van der Waals surface area (Å²) in [6.07, 6.45) is 3.66. The lowest BCUT2D eigenvalue weighted by Crippen LogP contribution is -2.38. The SMILES string of the molecule is CCC(CC)N(C)C(=O)Cn1ccc(N)n1. The van der Waals surface area contributed by atoms with Crippen LogP contribution < -0.4 is 5.73 Å². The molecule has 5 nitrogen and oxygen atoms in total. The molecule has 0 aliphatic carbocycles. The fourth-order valence-electron chi connectivity index (χ4n) is 1.76. The highest BCUT2D eigenvalue weighted by Crippen LogP contribution is 2.07. The van der Waals surface area contributed by atoms with Crippen LogP contribution in [0.4, 0.5) is 5.82 Å². The molecular weight excluding hydrogens is 204 g/mol. The smallest absolute Gasteiger partial charge is 0.244 e. The predicted octanol–water partition coefficient (Wildman–Crippen LogP) is 1.11. The fraction of sp³-hybridized carbons (Fsp3) is 0.636. The average molecular weight is 224 g/mol. The van der Waals surface area contributed by atoms with Crippen LogP contribution in [0.2, 0.25) is 0 Å². The summed E-state index contributed by atoms with van der Waals surface area (Å²) in [6.45, 7) is 4.43. The third-order valence-corrected chi connectivity index (χ3v) is 2.84. The first-order valence-electron chi connectivity index (χ1n) is 5.63. The van der Waals surface area contributed by atoms with Gasteiger partial charge in [0.05, 0.1) is 0 Å². The molecule has 0 saturated heterocycles. The molecule has 0 unspecified atom stereocenters. The lowest BCUT2D eigenvalue weighted by atomic mass is 10.1. The first kappa shape index (κ1) is 12.5. The molecule has 0 bridgehead atoms. The van der Waals surface area contributed by atoms with Crippen LogP contribution in [-0.2, 0) is 11.3 Å². The van der Waals surface area contributed by atoms with Crippen LogP contribution in [0.1, 0.15) is 26.7 Å². The van der Waals surface area contributed by atoms with Gasteiger partial charge in [-0.2, -0.15) is 5.10 Å². The van der Waals surface area contributed by atoms with Crippen molar-refractivity contribution in [1.29, 1.82) is 0 Å². The van der Waals surface area contributed by atoms with E-state index in [0.29, 0.717) is 11.9 Å². The first-order chi connectivity index (χ1) is 7.58. The van der Waals surface area contributed by atoms with Gasteiger partial charge in [0.15, 0.2) is 0 Å². The number of nitrogen functional groups attached to an aromatic ring is 1. The largest absolute Gasteiger partial charge is 0.382 e. The molecule has 0 aliphatic heterocycles. The van der Waals surface area contributed by atoms with E-state index < -0.39 is 0 Å². The van der Waals surface area contributed by atoms with E-state index in [1.807, 2.05) is 7.05 Å². The number of hydrogen-bond acceptors (Lipinski definition) is 3. The highest BCUT2D eigenvalue weighted by molar-refractivity contribution is 5.76. The monoisotopic (exact) mass is 224 g/mol. The van der Waals surface area contributed by atoms with Gasteiger partial charge in [-0.15, -0.1) is 0 Å². The molecule has 1 aromatic heterocycles. The first-order valence-corrected chi connectivity index (χ1v) is 5.63. The molecule has 1 amide bonds. The van der Waals surface area contributed by atoms with E-state index >= 15 is 0 Å². The summed E-state index contributed by atoms with van der Waals surface area (Å²) in [5.41, 5.74) is 5.49. The Morgan fingerprint density at radius 2 is 2.19 bits per heavy atom. The van der Waals surface area contributed by atoms with Gasteiger partial charge in [0.2, 0.25) is 5.91 Å². The minimum atomic E-state index is 0.0665. The Kier molecular flexibility index (Phi) is 4.34. The van der Waals surface area contributed by atoms with Gasteiger partial charge in [-0.25, -0.2) is 0 Å². The number of likely N-dealkylation sites (N-methyl/N-ethyl adjacent to an activating group) is 1. The Bertz CT molecular complexity index is 344. The summed E-state index contributed by atoms with van der Waals surface area (Å²) >= 11 is 0. The number of anilines is 1. The molecule has 0 aromatic carbocycles. The Labute approximate surface area is 96.2 Å². The van der Waals surface area contributed by atoms with Gasteiger partial charge in [-0.3, -0.25) is 9.48 Å². The lowest BCUT2D eigenvalue weighted by Gasteiger charge is -2.26. The van der Waals surface area contributed by atoms with Crippen molar-refractivity contribution in [3.8, 4) is 0 Å². The normalized spacial score (nSPS) is 10.8. The number of aromatic nitrogens is 2. The summed E-state index contributed by atoms with van der Waals surface area (Å²) in [4.78, 5) is 13.7. The number of nitrogens with zero attached hydrogens (tertiary/aromatic N) is 3. The Balaban J connectivity index is 2.58. The van der Waals surface area contributed by atoms with Crippen molar-refractivity contribution >= 4 is 11.7 Å². The van der Waals surface area contributed by atoms with Crippen molar-refractivity contribution in [2.24, 2.45) is 0 Å². The van der Waals surface area contributed by atoms with Crippen LogP contribution in [0.25, 0.3) is 0 Å². The Hall–Kier alpha value is -1.52. The second-order valence-electron chi connectivity index (χ2n) is 3.91. The molecule has 2 N–H and O–H groups in total. The van der Waals surface area contributed by atoms with Gasteiger partial charge < -0.3 is 10.6 Å². The van der Waals surface area contributed by atoms with Crippen LogP contribution in [0.15, 0.2) is 12.3 Å². The second-order valence-corrected chi connectivity index (χ2v) is 3.91. The minimum absolute atomic E-state index is 0.0665. The van der Waals surface area contributed by atoms with Crippen molar-refractivity contribution in [2.75, 3.05) is 12.8 Å². The summed E-state index contributed by atoms with van der Waals surface area (Å²) in [5.74, 6) is 0.509. The molecule has 1 rings (SSSR count). The quantitative estimate of drug-likeness (QED) is 0.815. The summed E-state index contributed by atoms with van der Waals surface area (Å²) in [5, 5.41) is 3.99. The van der Waals surface area contributed by atoms with Crippen LogP contribution in [0.3, 0.4) is 0 Å². The lowest BCUT2D eigenvalue weighted by molar-refractivity contribution is -0.132. The third-order valence-electron chi connectivity index (χ3n) is 2.84. The number of carbonyl (C=O) groups is 1. The van der Waals surface area contributed by atoms with Crippen molar-refractivity contribution in [1.82, 2.24) is 14.7 Å². The number of carbonyl (C=O) groups excluding carboxylic acids is 1. The number of nitrogens with two attached hydrogens (primary N) is 1. The highest BCUT2D eigenvalue weighted by atomic mass is 16.2. The summed E-state index contributed by atoms with van der Waals surface area (Å²) in [6, 6.07) is 1.99. The number of amides is 1. The minimum Gasteiger partial charge on any atom is -0.382 e. The Morgan fingerprint density at radius 1 is 1.56 bits per heavy atom. The van der Waals surface area contributed by atoms with Gasteiger partial charge in [0.1, 0.15) is 12.4 Å².